The van der Waals surface area contributed by atoms with E-state index in [1.54, 1.807) is 0 Å². The average molecular weight is 308 g/mol. The maximum Gasteiger partial charge on any atom is 0.120 e. The first-order chi connectivity index (χ1) is 10.5. The molecule has 2 N–H and O–H groups in total. The van der Waals surface area contributed by atoms with E-state index in [4.69, 9.17) is 17.3 Å². The summed E-state index contributed by atoms with van der Waals surface area (Å²) < 4.78 is 0. The molecule has 1 unspecified atom stereocenters. The van der Waals surface area contributed by atoms with Crippen LogP contribution < -0.4 is 5.73 Å². The van der Waals surface area contributed by atoms with Crippen LogP contribution in [0.15, 0.2) is 72.3 Å². The number of rotatable bonds is 1. The lowest BCUT2D eigenvalue weighted by Gasteiger charge is -2.31. The summed E-state index contributed by atoms with van der Waals surface area (Å²) in [7, 11) is 0. The van der Waals surface area contributed by atoms with Gasteiger partial charge in [0.2, 0.25) is 0 Å². The van der Waals surface area contributed by atoms with Crippen molar-refractivity contribution in [3.8, 4) is 11.1 Å². The van der Waals surface area contributed by atoms with Gasteiger partial charge < -0.3 is 5.73 Å². The van der Waals surface area contributed by atoms with Crippen LogP contribution in [-0.2, 0) is 4.87 Å². The molecule has 110 valence electrons. The van der Waals surface area contributed by atoms with Crippen molar-refractivity contribution >= 4 is 11.6 Å². The molecule has 0 bridgehead atoms. The second kappa shape index (κ2) is 4.58. The molecule has 2 aromatic carbocycles. The second-order valence-corrected chi connectivity index (χ2v) is 7.02. The summed E-state index contributed by atoms with van der Waals surface area (Å²) in [6.07, 6.45) is 7.15. The smallest absolute Gasteiger partial charge is 0.120 e. The number of benzene rings is 2. The SMILES string of the molecule is CC1(N)C=CC(C2(Cl)c3ccccc3-c3ccccc32)=CC1. The first kappa shape index (κ1) is 13.8. The molecule has 0 fully saturated rings. The zero-order valence-corrected chi connectivity index (χ0v) is 13.3. The van der Waals surface area contributed by atoms with Gasteiger partial charge in [-0.15, -0.1) is 11.6 Å². The third-order valence-corrected chi connectivity index (χ3v) is 5.32. The fraction of sp³-hybridized carbons (Fsp3) is 0.200. The highest BCUT2D eigenvalue weighted by atomic mass is 35.5. The lowest BCUT2D eigenvalue weighted by molar-refractivity contribution is 0.582. The van der Waals surface area contributed by atoms with Gasteiger partial charge in [0.25, 0.3) is 0 Å². The van der Waals surface area contributed by atoms with Crippen LogP contribution in [0.2, 0.25) is 0 Å². The average Bonchev–Trinajstić information content (AvgIpc) is 2.79. The van der Waals surface area contributed by atoms with E-state index in [2.05, 4.69) is 66.8 Å². The van der Waals surface area contributed by atoms with Gasteiger partial charge in [-0.1, -0.05) is 66.8 Å². The molecule has 2 aliphatic rings. The third-order valence-electron chi connectivity index (χ3n) is 4.69. The van der Waals surface area contributed by atoms with Gasteiger partial charge in [-0.25, -0.2) is 0 Å². The highest BCUT2D eigenvalue weighted by Crippen LogP contribution is 2.56. The first-order valence-corrected chi connectivity index (χ1v) is 7.97. The molecule has 0 aliphatic heterocycles. The summed E-state index contributed by atoms with van der Waals surface area (Å²) >= 11 is 7.24. The Kier molecular flexibility index (Phi) is 2.87. The Morgan fingerprint density at radius 2 is 1.50 bits per heavy atom. The minimum absolute atomic E-state index is 0.283. The highest BCUT2D eigenvalue weighted by molar-refractivity contribution is 6.30. The van der Waals surface area contributed by atoms with Gasteiger partial charge in [-0.05, 0) is 41.2 Å². The summed E-state index contributed by atoms with van der Waals surface area (Å²) in [5.74, 6) is 0. The molecule has 22 heavy (non-hydrogen) atoms. The van der Waals surface area contributed by atoms with Crippen molar-refractivity contribution in [3.05, 3.63) is 83.5 Å². The van der Waals surface area contributed by atoms with E-state index in [1.807, 2.05) is 6.92 Å². The van der Waals surface area contributed by atoms with E-state index in [0.29, 0.717) is 0 Å². The van der Waals surface area contributed by atoms with Gasteiger partial charge >= 0.3 is 0 Å². The highest BCUT2D eigenvalue weighted by Gasteiger charge is 2.44. The predicted octanol–water partition coefficient (Wildman–Crippen LogP) is 4.75. The molecule has 0 spiro atoms. The van der Waals surface area contributed by atoms with Crippen LogP contribution in [0.3, 0.4) is 0 Å². The fourth-order valence-corrected chi connectivity index (χ4v) is 3.96. The Morgan fingerprint density at radius 3 is 2.00 bits per heavy atom. The van der Waals surface area contributed by atoms with E-state index in [0.717, 1.165) is 23.1 Å². The molecule has 1 atom stereocenters. The Morgan fingerprint density at radius 1 is 0.955 bits per heavy atom. The minimum atomic E-state index is -0.611. The van der Waals surface area contributed by atoms with Crippen LogP contribution >= 0.6 is 11.6 Å². The molecule has 0 aromatic heterocycles. The summed E-state index contributed by atoms with van der Waals surface area (Å²) in [4.78, 5) is -0.611. The lowest BCUT2D eigenvalue weighted by Crippen LogP contribution is -2.35. The number of hydrogen-bond donors (Lipinski definition) is 1. The lowest BCUT2D eigenvalue weighted by atomic mass is 9.81. The molecule has 0 radical (unpaired) electrons. The van der Waals surface area contributed by atoms with E-state index in [9.17, 15) is 0 Å². The molecule has 0 saturated heterocycles. The van der Waals surface area contributed by atoms with Crippen LogP contribution in [0.4, 0.5) is 0 Å². The van der Waals surface area contributed by atoms with Crippen molar-refractivity contribution < 1.29 is 0 Å². The van der Waals surface area contributed by atoms with Gasteiger partial charge in [0.1, 0.15) is 4.87 Å². The molecule has 1 nitrogen and oxygen atoms in total. The van der Waals surface area contributed by atoms with Crippen LogP contribution in [0.25, 0.3) is 11.1 Å². The Labute approximate surface area is 136 Å². The quantitative estimate of drug-likeness (QED) is 0.756. The molecule has 0 amide bonds. The van der Waals surface area contributed by atoms with Crippen molar-refractivity contribution in [3.63, 3.8) is 0 Å². The number of nitrogens with two attached hydrogens (primary N) is 1. The van der Waals surface area contributed by atoms with E-state index in [1.165, 1.54) is 11.1 Å². The topological polar surface area (TPSA) is 26.0 Å². The standard InChI is InChI=1S/C20H18ClN/c1-19(22)12-10-14(11-13-19)20(21)17-8-4-2-6-15(17)16-7-3-5-9-18(16)20/h2-12H,13,22H2,1H3. The van der Waals surface area contributed by atoms with Crippen molar-refractivity contribution in [1.82, 2.24) is 0 Å². The van der Waals surface area contributed by atoms with Crippen molar-refractivity contribution in [2.75, 3.05) is 0 Å². The number of alkyl halides is 1. The fourth-order valence-electron chi connectivity index (χ4n) is 3.49. The molecule has 0 saturated carbocycles. The third kappa shape index (κ3) is 1.83. The molecule has 0 heterocycles. The monoisotopic (exact) mass is 307 g/mol. The van der Waals surface area contributed by atoms with Crippen LogP contribution in [0.1, 0.15) is 24.5 Å². The van der Waals surface area contributed by atoms with Gasteiger partial charge in [0, 0.05) is 5.54 Å². The number of halogens is 1. The molecule has 2 aromatic rings. The Balaban J connectivity index is 1.95. The Bertz CT molecular complexity index is 768. The second-order valence-electron chi connectivity index (χ2n) is 6.45. The van der Waals surface area contributed by atoms with Crippen LogP contribution in [0.5, 0.6) is 0 Å². The number of fused-ring (bicyclic) bond motifs is 3. The molecule has 2 aliphatic carbocycles. The van der Waals surface area contributed by atoms with Gasteiger partial charge in [0.05, 0.1) is 0 Å². The summed E-state index contributed by atoms with van der Waals surface area (Å²) in [5.41, 5.74) is 11.8. The zero-order valence-electron chi connectivity index (χ0n) is 12.5. The normalized spacial score (nSPS) is 24.6. The number of hydrogen-bond acceptors (Lipinski definition) is 1. The Hall–Kier alpha value is -1.83. The maximum absolute atomic E-state index is 7.24. The molecule has 4 rings (SSSR count). The summed E-state index contributed by atoms with van der Waals surface area (Å²) in [5, 5.41) is 0. The molecule has 2 heteroatoms. The zero-order chi connectivity index (χ0) is 15.4. The van der Waals surface area contributed by atoms with Gasteiger partial charge in [-0.3, -0.25) is 0 Å². The van der Waals surface area contributed by atoms with Crippen LogP contribution in [0, 0.1) is 0 Å². The van der Waals surface area contributed by atoms with Crippen molar-refractivity contribution in [2.24, 2.45) is 5.73 Å². The largest absolute Gasteiger partial charge is 0.322 e. The van der Waals surface area contributed by atoms with E-state index >= 15 is 0 Å². The van der Waals surface area contributed by atoms with Crippen molar-refractivity contribution in [1.29, 1.82) is 0 Å². The maximum atomic E-state index is 7.24. The van der Waals surface area contributed by atoms with Crippen LogP contribution in [-0.4, -0.2) is 5.54 Å². The summed E-state index contributed by atoms with van der Waals surface area (Å²) in [6.45, 7) is 2.04. The predicted molar refractivity (Wildman–Crippen MR) is 92.9 cm³/mol. The van der Waals surface area contributed by atoms with Gasteiger partial charge in [0.15, 0.2) is 0 Å². The van der Waals surface area contributed by atoms with E-state index < -0.39 is 4.87 Å². The van der Waals surface area contributed by atoms with Gasteiger partial charge in [-0.2, -0.15) is 0 Å². The molecular weight excluding hydrogens is 290 g/mol. The van der Waals surface area contributed by atoms with E-state index in [-0.39, 0.29) is 5.54 Å². The summed E-state index contributed by atoms with van der Waals surface area (Å²) in [6, 6.07) is 16.8. The first-order valence-electron chi connectivity index (χ1n) is 7.59. The number of allylic oxidation sites excluding steroid dienone is 2. The minimum Gasteiger partial charge on any atom is -0.322 e. The van der Waals surface area contributed by atoms with Crippen molar-refractivity contribution in [2.45, 2.75) is 23.8 Å². The molecular formula is C20H18ClN.